The van der Waals surface area contributed by atoms with Crippen LogP contribution >= 0.6 is 0 Å². The van der Waals surface area contributed by atoms with Gasteiger partial charge in [0.05, 0.1) is 67.9 Å². The van der Waals surface area contributed by atoms with Gasteiger partial charge in [0.15, 0.2) is 0 Å². The van der Waals surface area contributed by atoms with Crippen molar-refractivity contribution in [3.05, 3.63) is 176 Å². The molecular weight excluding hydrogens is 663 g/mol. The molecule has 0 radical (unpaired) electrons. The molecule has 7 nitrogen and oxygen atoms in total. The highest BCUT2D eigenvalue weighted by molar-refractivity contribution is 6.26. The Labute approximate surface area is 309 Å². The van der Waals surface area contributed by atoms with E-state index in [1.807, 2.05) is 73.2 Å². The zero-order valence-electron chi connectivity index (χ0n) is 28.9. The Morgan fingerprint density at radius 3 is 1.67 bits per heavy atom. The van der Waals surface area contributed by atoms with Gasteiger partial charge in [0, 0.05) is 45.2 Å². The van der Waals surface area contributed by atoms with Gasteiger partial charge in [-0.1, -0.05) is 91.0 Å². The van der Waals surface area contributed by atoms with E-state index in [1.54, 1.807) is 0 Å². The predicted molar refractivity (Wildman–Crippen MR) is 218 cm³/mol. The molecule has 6 aromatic heterocycles. The van der Waals surface area contributed by atoms with Crippen molar-refractivity contribution in [2.45, 2.75) is 0 Å². The van der Waals surface area contributed by atoms with Crippen molar-refractivity contribution < 1.29 is 0 Å². The predicted octanol–water partition coefficient (Wildman–Crippen LogP) is 11.0. The second-order valence-corrected chi connectivity index (χ2v) is 13.4. The lowest BCUT2D eigenvalue weighted by Crippen LogP contribution is -2.01. The van der Waals surface area contributed by atoms with Gasteiger partial charge < -0.3 is 9.13 Å². The third-order valence-electron chi connectivity index (χ3n) is 10.2. The second-order valence-electron chi connectivity index (χ2n) is 13.4. The van der Waals surface area contributed by atoms with Gasteiger partial charge in [-0.15, -0.1) is 0 Å². The SMILES string of the molecule is c1ccc(-c2cnc3ccc4c5ccc6c7ccccc7n(-c7cc(-c8ccccn8)nc(-c8ccccn8)c7)c6c5n(-c5ccccc5)c4c3n2)cc1. The summed E-state index contributed by atoms with van der Waals surface area (Å²) in [5, 5.41) is 4.54. The van der Waals surface area contributed by atoms with Gasteiger partial charge in [0.1, 0.15) is 5.52 Å². The van der Waals surface area contributed by atoms with E-state index in [1.165, 1.54) is 0 Å². The van der Waals surface area contributed by atoms with Crippen molar-refractivity contribution in [3.63, 3.8) is 0 Å². The molecule has 0 aliphatic heterocycles. The summed E-state index contributed by atoms with van der Waals surface area (Å²) < 4.78 is 4.77. The van der Waals surface area contributed by atoms with Crippen LogP contribution in [0.2, 0.25) is 0 Å². The minimum absolute atomic E-state index is 0.769. The van der Waals surface area contributed by atoms with E-state index in [0.717, 1.165) is 100 Å². The number of benzene rings is 5. The minimum Gasteiger partial charge on any atom is -0.307 e. The van der Waals surface area contributed by atoms with E-state index in [4.69, 9.17) is 24.9 Å². The first-order chi connectivity index (χ1) is 26.8. The molecule has 7 heteroatoms. The highest BCUT2D eigenvalue weighted by atomic mass is 15.1. The molecule has 252 valence electrons. The van der Waals surface area contributed by atoms with Gasteiger partial charge in [-0.25, -0.2) is 9.97 Å². The smallest absolute Gasteiger partial charge is 0.114 e. The number of hydrogen-bond acceptors (Lipinski definition) is 5. The van der Waals surface area contributed by atoms with Crippen LogP contribution in [-0.4, -0.2) is 34.1 Å². The van der Waals surface area contributed by atoms with Crippen LogP contribution in [0.25, 0.3) is 100 Å². The molecule has 11 rings (SSSR count). The topological polar surface area (TPSA) is 74.3 Å². The van der Waals surface area contributed by atoms with E-state index >= 15 is 0 Å². The maximum atomic E-state index is 5.34. The van der Waals surface area contributed by atoms with Crippen molar-refractivity contribution in [1.29, 1.82) is 0 Å². The highest BCUT2D eigenvalue weighted by Gasteiger charge is 2.24. The fraction of sp³-hybridized carbons (Fsp3) is 0. The summed E-state index contributed by atoms with van der Waals surface area (Å²) in [5.41, 5.74) is 12.9. The third kappa shape index (κ3) is 4.65. The quantitative estimate of drug-likeness (QED) is 0.180. The van der Waals surface area contributed by atoms with Crippen molar-refractivity contribution in [2.75, 3.05) is 0 Å². The van der Waals surface area contributed by atoms with Gasteiger partial charge in [-0.2, -0.15) is 0 Å². The fourth-order valence-electron chi connectivity index (χ4n) is 7.89. The van der Waals surface area contributed by atoms with Crippen LogP contribution in [-0.2, 0) is 0 Å². The van der Waals surface area contributed by atoms with Crippen molar-refractivity contribution in [2.24, 2.45) is 0 Å². The van der Waals surface area contributed by atoms with Gasteiger partial charge in [-0.05, 0) is 66.7 Å². The summed E-state index contributed by atoms with van der Waals surface area (Å²) >= 11 is 0. The van der Waals surface area contributed by atoms with E-state index in [2.05, 4.69) is 112 Å². The first-order valence-electron chi connectivity index (χ1n) is 17.9. The van der Waals surface area contributed by atoms with Crippen LogP contribution in [0.1, 0.15) is 0 Å². The van der Waals surface area contributed by atoms with Crippen LogP contribution in [0.5, 0.6) is 0 Å². The molecule has 0 spiro atoms. The lowest BCUT2D eigenvalue weighted by atomic mass is 10.1. The van der Waals surface area contributed by atoms with E-state index in [9.17, 15) is 0 Å². The van der Waals surface area contributed by atoms with Gasteiger partial charge in [-0.3, -0.25) is 15.0 Å². The zero-order valence-corrected chi connectivity index (χ0v) is 28.9. The maximum Gasteiger partial charge on any atom is 0.114 e. The first-order valence-corrected chi connectivity index (χ1v) is 17.9. The number of pyridine rings is 3. The Bertz CT molecular complexity index is 3130. The molecule has 0 saturated heterocycles. The summed E-state index contributed by atoms with van der Waals surface area (Å²) in [5.74, 6) is 0. The van der Waals surface area contributed by atoms with Crippen molar-refractivity contribution in [1.82, 2.24) is 34.1 Å². The molecule has 0 bridgehead atoms. The summed E-state index contributed by atoms with van der Waals surface area (Å²) in [7, 11) is 0. The Balaban J connectivity index is 1.32. The molecule has 0 unspecified atom stereocenters. The summed E-state index contributed by atoms with van der Waals surface area (Å²) in [4.78, 5) is 24.8. The molecule has 0 aliphatic carbocycles. The third-order valence-corrected chi connectivity index (χ3v) is 10.2. The number of para-hydroxylation sites is 2. The molecule has 0 fully saturated rings. The van der Waals surface area contributed by atoms with Crippen LogP contribution in [0, 0.1) is 0 Å². The molecule has 0 amide bonds. The zero-order chi connectivity index (χ0) is 35.6. The largest absolute Gasteiger partial charge is 0.307 e. The van der Waals surface area contributed by atoms with Gasteiger partial charge in [0.25, 0.3) is 0 Å². The lowest BCUT2D eigenvalue weighted by molar-refractivity contribution is 1.13. The molecule has 54 heavy (non-hydrogen) atoms. The van der Waals surface area contributed by atoms with Gasteiger partial charge >= 0.3 is 0 Å². The van der Waals surface area contributed by atoms with Crippen molar-refractivity contribution >= 4 is 54.6 Å². The molecule has 5 aromatic carbocycles. The van der Waals surface area contributed by atoms with Crippen molar-refractivity contribution in [3.8, 4) is 45.4 Å². The number of aromatic nitrogens is 7. The standard InChI is InChI=1S/C47H29N7/c1-3-13-30(14-4-1)42-29-50-39-24-23-35-36-22-21-34-33-17-7-8-20-43(33)53(46(34)47(36)54(45(35)44(39)52-42)31-15-5-2-6-16-31)32-27-40(37-18-9-11-25-48-37)51-41(28-32)38-19-10-12-26-49-38/h1-29H. The van der Waals surface area contributed by atoms with E-state index in [0.29, 0.717) is 0 Å². The van der Waals surface area contributed by atoms with Crippen LogP contribution in [0.3, 0.4) is 0 Å². The Morgan fingerprint density at radius 1 is 0.370 bits per heavy atom. The van der Waals surface area contributed by atoms with E-state index in [-0.39, 0.29) is 0 Å². The Kier molecular flexibility index (Phi) is 6.72. The lowest BCUT2D eigenvalue weighted by Gasteiger charge is -2.15. The summed E-state index contributed by atoms with van der Waals surface area (Å²) in [6, 6.07) is 54.4. The molecule has 11 aromatic rings. The number of rotatable bonds is 5. The molecule has 0 aliphatic rings. The molecule has 0 atom stereocenters. The second kappa shape index (κ2) is 12.0. The van der Waals surface area contributed by atoms with Gasteiger partial charge in [0.2, 0.25) is 0 Å². The first kappa shape index (κ1) is 30.1. The monoisotopic (exact) mass is 691 g/mol. The molecular formula is C47H29N7. The minimum atomic E-state index is 0.769. The normalized spacial score (nSPS) is 11.7. The molecule has 0 N–H and O–H groups in total. The average Bonchev–Trinajstić information content (AvgIpc) is 3.78. The molecule has 0 saturated carbocycles. The van der Waals surface area contributed by atoms with Crippen LogP contribution in [0.15, 0.2) is 176 Å². The number of fused-ring (bicyclic) bond motifs is 9. The summed E-state index contributed by atoms with van der Waals surface area (Å²) in [6.45, 7) is 0. The summed E-state index contributed by atoms with van der Waals surface area (Å²) in [6.07, 6.45) is 5.49. The number of nitrogens with zero attached hydrogens (tertiary/aromatic N) is 7. The molecule has 6 heterocycles. The van der Waals surface area contributed by atoms with Crippen LogP contribution < -0.4 is 0 Å². The average molecular weight is 692 g/mol. The number of hydrogen-bond donors (Lipinski definition) is 0. The fourth-order valence-corrected chi connectivity index (χ4v) is 7.89. The maximum absolute atomic E-state index is 5.34. The Morgan fingerprint density at radius 2 is 0.963 bits per heavy atom. The van der Waals surface area contributed by atoms with Crippen LogP contribution in [0.4, 0.5) is 0 Å². The van der Waals surface area contributed by atoms with E-state index < -0.39 is 0 Å². The highest BCUT2D eigenvalue weighted by Crippen LogP contribution is 2.43. The Hall–Kier alpha value is -7.51.